The fourth-order valence-electron chi connectivity index (χ4n) is 3.15. The van der Waals surface area contributed by atoms with Gasteiger partial charge in [-0.25, -0.2) is 4.79 Å². The second-order valence-corrected chi connectivity index (χ2v) is 10.4. The van der Waals surface area contributed by atoms with Crippen LogP contribution in [0.1, 0.15) is 79.1 Å². The standard InChI is InChI=1S/C21H42NO4P/c1-5-7-14-22(15-8-6-2)16-12-10-9-11-13-20(21(23)24)18-27(25,26)17-19(3)4/h13,19H,5-12,14-18H2,1-4H3,(H,23,24)(H,25,26)/b20-13+. The van der Waals surface area contributed by atoms with Crippen LogP contribution in [-0.2, 0) is 9.36 Å². The lowest BCUT2D eigenvalue weighted by atomic mass is 10.1. The third-order valence-corrected chi connectivity index (χ3v) is 6.70. The number of aliphatic carboxylic acids is 1. The summed E-state index contributed by atoms with van der Waals surface area (Å²) < 4.78 is 12.2. The van der Waals surface area contributed by atoms with Crippen LogP contribution in [-0.4, -0.2) is 52.8 Å². The zero-order valence-corrected chi connectivity index (χ0v) is 18.8. The lowest BCUT2D eigenvalue weighted by Gasteiger charge is -2.21. The van der Waals surface area contributed by atoms with Crippen LogP contribution in [0, 0.1) is 5.92 Å². The summed E-state index contributed by atoms with van der Waals surface area (Å²) in [6, 6.07) is 0. The van der Waals surface area contributed by atoms with E-state index in [9.17, 15) is 19.4 Å². The van der Waals surface area contributed by atoms with Crippen molar-refractivity contribution in [2.24, 2.45) is 5.92 Å². The molecule has 0 fully saturated rings. The van der Waals surface area contributed by atoms with Crippen LogP contribution in [0.25, 0.3) is 0 Å². The van der Waals surface area contributed by atoms with E-state index in [0.717, 1.165) is 25.8 Å². The van der Waals surface area contributed by atoms with E-state index < -0.39 is 13.3 Å². The summed E-state index contributed by atoms with van der Waals surface area (Å²) in [7, 11) is -3.41. The van der Waals surface area contributed by atoms with Crippen LogP contribution in [0.2, 0.25) is 0 Å². The SMILES string of the molecule is CCCCN(CCCC)CCCCC/C=C(\CP(=O)(O)CC(C)C)C(=O)O. The highest BCUT2D eigenvalue weighted by molar-refractivity contribution is 7.58. The normalized spacial score (nSPS) is 14.7. The van der Waals surface area contributed by atoms with Crippen LogP contribution in [0.15, 0.2) is 11.6 Å². The molecule has 27 heavy (non-hydrogen) atoms. The Kier molecular flexibility index (Phi) is 14.9. The Hall–Kier alpha value is -0.640. The molecule has 0 saturated heterocycles. The fourth-order valence-corrected chi connectivity index (χ4v) is 5.22. The summed E-state index contributed by atoms with van der Waals surface area (Å²) in [5.74, 6) is -0.988. The highest BCUT2D eigenvalue weighted by Gasteiger charge is 2.24. The summed E-state index contributed by atoms with van der Waals surface area (Å²) in [5.41, 5.74) is 0.0917. The Labute approximate surface area is 166 Å². The van der Waals surface area contributed by atoms with Gasteiger partial charge in [0, 0.05) is 11.7 Å². The molecule has 0 radical (unpaired) electrons. The Morgan fingerprint density at radius 3 is 2.04 bits per heavy atom. The summed E-state index contributed by atoms with van der Waals surface area (Å²) in [6.45, 7) is 11.6. The molecule has 0 aromatic heterocycles. The zero-order valence-electron chi connectivity index (χ0n) is 18.0. The molecular weight excluding hydrogens is 361 g/mol. The second kappa shape index (κ2) is 15.3. The molecule has 0 aromatic rings. The van der Waals surface area contributed by atoms with E-state index >= 15 is 0 Å². The molecule has 0 heterocycles. The molecule has 0 saturated carbocycles. The van der Waals surface area contributed by atoms with Gasteiger partial charge in [0.1, 0.15) is 0 Å². The van der Waals surface area contributed by atoms with Crippen molar-refractivity contribution in [1.29, 1.82) is 0 Å². The molecule has 6 heteroatoms. The zero-order chi connectivity index (χ0) is 20.7. The van der Waals surface area contributed by atoms with Gasteiger partial charge in [0.05, 0.1) is 6.16 Å². The van der Waals surface area contributed by atoms with Crippen LogP contribution < -0.4 is 0 Å². The summed E-state index contributed by atoms with van der Waals surface area (Å²) in [4.78, 5) is 23.9. The lowest BCUT2D eigenvalue weighted by molar-refractivity contribution is -0.132. The summed E-state index contributed by atoms with van der Waals surface area (Å²) in [6.07, 6.45) is 10.3. The topological polar surface area (TPSA) is 77.8 Å². The average molecular weight is 404 g/mol. The van der Waals surface area contributed by atoms with E-state index in [4.69, 9.17) is 0 Å². The van der Waals surface area contributed by atoms with Crippen molar-refractivity contribution in [2.45, 2.75) is 79.1 Å². The smallest absolute Gasteiger partial charge is 0.331 e. The minimum atomic E-state index is -3.41. The van der Waals surface area contributed by atoms with Crippen molar-refractivity contribution in [3.63, 3.8) is 0 Å². The van der Waals surface area contributed by atoms with Gasteiger partial charge in [0.25, 0.3) is 0 Å². The molecule has 0 aliphatic heterocycles. The minimum Gasteiger partial charge on any atom is -0.478 e. The van der Waals surface area contributed by atoms with E-state index in [1.54, 1.807) is 6.08 Å². The van der Waals surface area contributed by atoms with Crippen molar-refractivity contribution in [2.75, 3.05) is 32.0 Å². The van der Waals surface area contributed by atoms with Crippen LogP contribution in [0.4, 0.5) is 0 Å². The first kappa shape index (κ1) is 26.4. The molecule has 1 unspecified atom stereocenters. The first-order valence-electron chi connectivity index (χ1n) is 10.7. The number of allylic oxidation sites excluding steroid dienone is 1. The van der Waals surface area contributed by atoms with Crippen LogP contribution in [0.5, 0.6) is 0 Å². The fraction of sp³-hybridized carbons (Fsp3) is 0.857. The number of nitrogens with zero attached hydrogens (tertiary/aromatic N) is 1. The lowest BCUT2D eigenvalue weighted by Crippen LogP contribution is -2.27. The predicted octanol–water partition coefficient (Wildman–Crippen LogP) is 5.39. The molecule has 0 aliphatic carbocycles. The number of carboxylic acids is 1. The van der Waals surface area contributed by atoms with Gasteiger partial charge in [-0.1, -0.05) is 53.0 Å². The number of rotatable bonds is 17. The van der Waals surface area contributed by atoms with E-state index in [1.807, 2.05) is 13.8 Å². The summed E-state index contributed by atoms with van der Waals surface area (Å²) in [5, 5.41) is 9.30. The van der Waals surface area contributed by atoms with Gasteiger partial charge in [0.15, 0.2) is 0 Å². The molecule has 0 spiro atoms. The van der Waals surface area contributed by atoms with Gasteiger partial charge in [-0.3, -0.25) is 4.57 Å². The molecule has 0 amide bonds. The maximum absolute atomic E-state index is 12.2. The molecule has 160 valence electrons. The quantitative estimate of drug-likeness (QED) is 0.193. The van der Waals surface area contributed by atoms with Gasteiger partial charge in [0.2, 0.25) is 7.37 Å². The van der Waals surface area contributed by atoms with E-state index in [-0.39, 0.29) is 23.8 Å². The van der Waals surface area contributed by atoms with Crippen LogP contribution in [0.3, 0.4) is 0 Å². The predicted molar refractivity (Wildman–Crippen MR) is 115 cm³/mol. The van der Waals surface area contributed by atoms with Gasteiger partial charge in [-0.15, -0.1) is 0 Å². The Balaban J connectivity index is 4.30. The number of carboxylic acid groups (broad SMARTS) is 1. The van der Waals surface area contributed by atoms with E-state index in [1.165, 1.54) is 38.8 Å². The molecule has 0 aliphatic rings. The number of hydrogen-bond donors (Lipinski definition) is 2. The van der Waals surface area contributed by atoms with Crippen molar-refractivity contribution >= 4 is 13.3 Å². The number of unbranched alkanes of at least 4 members (excludes halogenated alkanes) is 5. The minimum absolute atomic E-state index is 0.0826. The van der Waals surface area contributed by atoms with E-state index in [2.05, 4.69) is 18.7 Å². The molecular formula is C21H42NO4P. The average Bonchev–Trinajstić information content (AvgIpc) is 2.56. The van der Waals surface area contributed by atoms with Crippen molar-refractivity contribution in [1.82, 2.24) is 4.90 Å². The number of hydrogen-bond acceptors (Lipinski definition) is 3. The Morgan fingerprint density at radius 1 is 1.00 bits per heavy atom. The van der Waals surface area contributed by atoms with Gasteiger partial charge in [-0.2, -0.15) is 0 Å². The van der Waals surface area contributed by atoms with Crippen molar-refractivity contribution in [3.8, 4) is 0 Å². The Bertz CT molecular complexity index is 469. The third kappa shape index (κ3) is 15.0. The molecule has 0 aromatic carbocycles. The summed E-state index contributed by atoms with van der Waals surface area (Å²) >= 11 is 0. The van der Waals surface area contributed by atoms with E-state index in [0.29, 0.717) is 6.42 Å². The first-order chi connectivity index (χ1) is 12.7. The first-order valence-corrected chi connectivity index (χ1v) is 12.7. The maximum Gasteiger partial charge on any atom is 0.331 e. The van der Waals surface area contributed by atoms with Gasteiger partial charge < -0.3 is 14.9 Å². The Morgan fingerprint density at radius 2 is 1.56 bits per heavy atom. The second-order valence-electron chi connectivity index (χ2n) is 8.01. The number of carbonyl (C=O) groups is 1. The maximum atomic E-state index is 12.2. The largest absolute Gasteiger partial charge is 0.478 e. The third-order valence-electron chi connectivity index (χ3n) is 4.57. The van der Waals surface area contributed by atoms with Gasteiger partial charge in [-0.05, 0) is 57.7 Å². The van der Waals surface area contributed by atoms with Crippen molar-refractivity contribution in [3.05, 3.63) is 11.6 Å². The monoisotopic (exact) mass is 403 g/mol. The van der Waals surface area contributed by atoms with Gasteiger partial charge >= 0.3 is 5.97 Å². The molecule has 0 bridgehead atoms. The molecule has 5 nitrogen and oxygen atoms in total. The highest BCUT2D eigenvalue weighted by atomic mass is 31.2. The molecule has 2 N–H and O–H groups in total. The highest BCUT2D eigenvalue weighted by Crippen LogP contribution is 2.44. The van der Waals surface area contributed by atoms with Crippen LogP contribution >= 0.6 is 7.37 Å². The van der Waals surface area contributed by atoms with Crippen molar-refractivity contribution < 1.29 is 19.4 Å². The molecule has 0 rings (SSSR count). The molecule has 1 atom stereocenters.